The molecule has 0 amide bonds. The molecule has 0 aliphatic carbocycles. The van der Waals surface area contributed by atoms with E-state index in [1.807, 2.05) is 25.1 Å². The van der Waals surface area contributed by atoms with Crippen molar-refractivity contribution in [1.29, 1.82) is 0 Å². The van der Waals surface area contributed by atoms with Gasteiger partial charge in [0.2, 0.25) is 0 Å². The summed E-state index contributed by atoms with van der Waals surface area (Å²) in [5, 5.41) is 0. The van der Waals surface area contributed by atoms with Crippen molar-refractivity contribution in [3.63, 3.8) is 0 Å². The van der Waals surface area contributed by atoms with Crippen LogP contribution in [0.1, 0.15) is 24.9 Å². The van der Waals surface area contributed by atoms with Gasteiger partial charge in [-0.2, -0.15) is 0 Å². The van der Waals surface area contributed by atoms with Gasteiger partial charge in [-0.3, -0.25) is 4.39 Å². The molecule has 0 aliphatic rings. The third-order valence-corrected chi connectivity index (χ3v) is 2.58. The Morgan fingerprint density at radius 3 is 2.75 bits per heavy atom. The second-order valence-electron chi connectivity index (χ2n) is 3.20. The predicted octanol–water partition coefficient (Wildman–Crippen LogP) is 3.63. The number of rotatable bonds is 5. The van der Waals surface area contributed by atoms with Crippen LogP contribution < -0.4 is 10.5 Å². The first-order valence-electron chi connectivity index (χ1n) is 4.92. The van der Waals surface area contributed by atoms with Gasteiger partial charge in [-0.15, -0.1) is 12.4 Å². The Morgan fingerprint density at radius 1 is 1.50 bits per heavy atom. The topological polar surface area (TPSA) is 35.2 Å². The van der Waals surface area contributed by atoms with Crippen molar-refractivity contribution >= 4 is 28.3 Å². The Hall–Kier alpha value is -0.320. The number of halogens is 3. The van der Waals surface area contributed by atoms with Crippen LogP contribution in [0.4, 0.5) is 4.39 Å². The third kappa shape index (κ3) is 4.28. The van der Waals surface area contributed by atoms with E-state index >= 15 is 0 Å². The summed E-state index contributed by atoms with van der Waals surface area (Å²) < 4.78 is 18.6. The van der Waals surface area contributed by atoms with E-state index in [0.717, 1.165) is 15.8 Å². The summed E-state index contributed by atoms with van der Waals surface area (Å²) >= 11 is 3.36. The Bertz CT molecular complexity index is 325. The van der Waals surface area contributed by atoms with Crippen molar-refractivity contribution in [1.82, 2.24) is 0 Å². The molecule has 0 bridgehead atoms. The lowest BCUT2D eigenvalue weighted by Gasteiger charge is -2.15. The molecule has 5 heteroatoms. The van der Waals surface area contributed by atoms with Crippen LogP contribution in [0.5, 0.6) is 5.75 Å². The highest BCUT2D eigenvalue weighted by Gasteiger charge is 2.12. The summed E-state index contributed by atoms with van der Waals surface area (Å²) in [4.78, 5) is 0. The summed E-state index contributed by atoms with van der Waals surface area (Å²) in [7, 11) is 0. The highest BCUT2D eigenvalue weighted by molar-refractivity contribution is 9.10. The fourth-order valence-electron chi connectivity index (χ4n) is 1.37. The lowest BCUT2D eigenvalue weighted by Crippen LogP contribution is -2.12. The van der Waals surface area contributed by atoms with Crippen molar-refractivity contribution in [3.05, 3.63) is 28.2 Å². The Morgan fingerprint density at radius 2 is 2.19 bits per heavy atom. The van der Waals surface area contributed by atoms with Crippen LogP contribution in [0.2, 0.25) is 0 Å². The molecular weight excluding hydrogens is 296 g/mol. The zero-order valence-electron chi connectivity index (χ0n) is 9.08. The molecule has 0 saturated heterocycles. The summed E-state index contributed by atoms with van der Waals surface area (Å²) in [6.07, 6.45) is 0.316. The first-order chi connectivity index (χ1) is 7.19. The number of hydrogen-bond acceptors (Lipinski definition) is 2. The van der Waals surface area contributed by atoms with E-state index < -0.39 is 6.67 Å². The van der Waals surface area contributed by atoms with E-state index in [1.165, 1.54) is 0 Å². The lowest BCUT2D eigenvalue weighted by molar-refractivity contribution is 0.331. The van der Waals surface area contributed by atoms with Crippen LogP contribution in [0, 0.1) is 0 Å². The molecule has 0 unspecified atom stereocenters. The van der Waals surface area contributed by atoms with E-state index in [-0.39, 0.29) is 18.4 Å². The van der Waals surface area contributed by atoms with Crippen molar-refractivity contribution in [2.75, 3.05) is 13.3 Å². The van der Waals surface area contributed by atoms with Crippen LogP contribution in [0.25, 0.3) is 0 Å². The highest BCUT2D eigenvalue weighted by Crippen LogP contribution is 2.29. The van der Waals surface area contributed by atoms with Gasteiger partial charge in [0.1, 0.15) is 5.75 Å². The minimum Gasteiger partial charge on any atom is -0.494 e. The van der Waals surface area contributed by atoms with Gasteiger partial charge in [0, 0.05) is 16.1 Å². The molecule has 0 saturated carbocycles. The molecular formula is C11H16BrClFNO. The van der Waals surface area contributed by atoms with Gasteiger partial charge < -0.3 is 10.5 Å². The second kappa shape index (κ2) is 7.87. The normalized spacial score (nSPS) is 11.8. The average molecular weight is 313 g/mol. The van der Waals surface area contributed by atoms with Gasteiger partial charge in [0.15, 0.2) is 0 Å². The van der Waals surface area contributed by atoms with Crippen LogP contribution in [-0.2, 0) is 0 Å². The summed E-state index contributed by atoms with van der Waals surface area (Å²) in [6, 6.07) is 5.30. The molecule has 0 aromatic heterocycles. The molecule has 2 N–H and O–H groups in total. The molecule has 16 heavy (non-hydrogen) atoms. The standard InChI is InChI=1S/C11H15BrFNO.ClH/c1-2-15-11-4-3-8(12)7-9(11)10(14)5-6-13;/h3-4,7,10H,2,5-6,14H2,1H3;1H/t10-;/m1./s1. The largest absolute Gasteiger partial charge is 0.494 e. The van der Waals surface area contributed by atoms with Crippen molar-refractivity contribution in [3.8, 4) is 5.75 Å². The monoisotopic (exact) mass is 311 g/mol. The Labute approximate surface area is 110 Å². The van der Waals surface area contributed by atoms with Crippen LogP contribution in [0.15, 0.2) is 22.7 Å². The molecule has 0 radical (unpaired) electrons. The number of alkyl halides is 1. The average Bonchev–Trinajstić information content (AvgIpc) is 2.21. The van der Waals surface area contributed by atoms with Crippen molar-refractivity contribution < 1.29 is 9.13 Å². The first-order valence-corrected chi connectivity index (χ1v) is 5.72. The number of ether oxygens (including phenoxy) is 1. The molecule has 0 aliphatic heterocycles. The maximum Gasteiger partial charge on any atom is 0.124 e. The second-order valence-corrected chi connectivity index (χ2v) is 4.11. The quantitative estimate of drug-likeness (QED) is 0.901. The molecule has 1 rings (SSSR count). The third-order valence-electron chi connectivity index (χ3n) is 2.09. The van der Waals surface area contributed by atoms with E-state index in [4.69, 9.17) is 10.5 Å². The SMILES string of the molecule is CCOc1ccc(Br)cc1[C@H](N)CCF.Cl. The number of benzene rings is 1. The Balaban J connectivity index is 0.00000225. The minimum absolute atomic E-state index is 0. The lowest BCUT2D eigenvalue weighted by atomic mass is 10.0. The summed E-state index contributed by atoms with van der Waals surface area (Å²) in [5.41, 5.74) is 6.72. The van der Waals surface area contributed by atoms with Crippen LogP contribution >= 0.6 is 28.3 Å². The fourth-order valence-corrected chi connectivity index (χ4v) is 1.75. The summed E-state index contributed by atoms with van der Waals surface area (Å²) in [6.45, 7) is 2.07. The van der Waals surface area contributed by atoms with E-state index in [1.54, 1.807) is 0 Å². The highest BCUT2D eigenvalue weighted by atomic mass is 79.9. The number of nitrogens with two attached hydrogens (primary N) is 1. The fraction of sp³-hybridized carbons (Fsp3) is 0.455. The van der Waals surface area contributed by atoms with Crippen LogP contribution in [-0.4, -0.2) is 13.3 Å². The van der Waals surface area contributed by atoms with Gasteiger partial charge >= 0.3 is 0 Å². The van der Waals surface area contributed by atoms with Gasteiger partial charge in [-0.1, -0.05) is 15.9 Å². The predicted molar refractivity (Wildman–Crippen MR) is 70.1 cm³/mol. The van der Waals surface area contributed by atoms with Gasteiger partial charge in [-0.05, 0) is 31.5 Å². The maximum absolute atomic E-state index is 12.2. The van der Waals surface area contributed by atoms with Gasteiger partial charge in [0.05, 0.1) is 13.3 Å². The summed E-state index contributed by atoms with van der Waals surface area (Å²) in [5.74, 6) is 0.738. The molecule has 0 spiro atoms. The van der Waals surface area contributed by atoms with Gasteiger partial charge in [-0.25, -0.2) is 0 Å². The molecule has 1 atom stereocenters. The van der Waals surface area contributed by atoms with E-state index in [2.05, 4.69) is 15.9 Å². The molecule has 92 valence electrons. The van der Waals surface area contributed by atoms with E-state index in [0.29, 0.717) is 13.0 Å². The molecule has 1 aromatic rings. The molecule has 2 nitrogen and oxygen atoms in total. The molecule has 1 aromatic carbocycles. The zero-order chi connectivity index (χ0) is 11.3. The van der Waals surface area contributed by atoms with E-state index in [9.17, 15) is 4.39 Å². The number of hydrogen-bond donors (Lipinski definition) is 1. The van der Waals surface area contributed by atoms with Gasteiger partial charge in [0.25, 0.3) is 0 Å². The Kier molecular flexibility index (Phi) is 7.72. The van der Waals surface area contributed by atoms with Crippen LogP contribution in [0.3, 0.4) is 0 Å². The molecule has 0 fully saturated rings. The molecule has 0 heterocycles. The van der Waals surface area contributed by atoms with Crippen molar-refractivity contribution in [2.24, 2.45) is 5.73 Å². The van der Waals surface area contributed by atoms with Crippen molar-refractivity contribution in [2.45, 2.75) is 19.4 Å². The maximum atomic E-state index is 12.2. The minimum atomic E-state index is -0.417. The smallest absolute Gasteiger partial charge is 0.124 e. The zero-order valence-corrected chi connectivity index (χ0v) is 11.5. The first kappa shape index (κ1) is 15.7.